The Morgan fingerprint density at radius 3 is 3.06 bits per heavy atom. The van der Waals surface area contributed by atoms with Crippen LogP contribution in [0.3, 0.4) is 0 Å². The molecule has 6 heteroatoms. The second-order valence-electron chi connectivity index (χ2n) is 4.70. The number of imidazole rings is 1. The van der Waals surface area contributed by atoms with E-state index < -0.39 is 0 Å². The number of nitrogens with zero attached hydrogens (tertiary/aromatic N) is 3. The smallest absolute Gasteiger partial charge is 0.260 e. The first-order valence-corrected chi connectivity index (χ1v) is 6.30. The van der Waals surface area contributed by atoms with Gasteiger partial charge in [0.2, 0.25) is 5.65 Å². The number of hydrogen-bond donors (Lipinski definition) is 2. The second kappa shape index (κ2) is 4.81. The SMILES string of the molecule is NNc1cn2ccnc2c(OCC2CCCC2)n1. The molecule has 3 N–H and O–H groups in total. The topological polar surface area (TPSA) is 77.5 Å². The van der Waals surface area contributed by atoms with Gasteiger partial charge >= 0.3 is 0 Å². The minimum absolute atomic E-state index is 0.544. The zero-order valence-corrected chi connectivity index (χ0v) is 10.2. The standard InChI is InChI=1S/C12H17N5O/c13-16-10-7-17-6-5-14-11(17)12(15-10)18-8-9-3-1-2-4-9/h5-7,9,16H,1-4,8,13H2. The zero-order chi connectivity index (χ0) is 12.4. The van der Waals surface area contributed by atoms with Crippen molar-refractivity contribution in [3.05, 3.63) is 18.6 Å². The molecule has 0 amide bonds. The molecule has 1 aliphatic carbocycles. The van der Waals surface area contributed by atoms with Crippen LogP contribution in [0.1, 0.15) is 25.7 Å². The molecule has 0 unspecified atom stereocenters. The van der Waals surface area contributed by atoms with Crippen LogP contribution in [0.5, 0.6) is 5.88 Å². The third-order valence-electron chi connectivity index (χ3n) is 3.42. The summed E-state index contributed by atoms with van der Waals surface area (Å²) in [5.74, 6) is 7.16. The number of nitrogen functional groups attached to an aromatic ring is 1. The summed E-state index contributed by atoms with van der Waals surface area (Å²) in [5.41, 5.74) is 3.27. The predicted octanol–water partition coefficient (Wildman–Crippen LogP) is 1.58. The average molecular weight is 247 g/mol. The minimum Gasteiger partial charge on any atom is -0.475 e. The van der Waals surface area contributed by atoms with E-state index >= 15 is 0 Å². The van der Waals surface area contributed by atoms with Crippen molar-refractivity contribution in [2.45, 2.75) is 25.7 Å². The maximum absolute atomic E-state index is 5.81. The van der Waals surface area contributed by atoms with Gasteiger partial charge in [0.25, 0.3) is 5.88 Å². The van der Waals surface area contributed by atoms with E-state index in [0.717, 1.165) is 5.65 Å². The van der Waals surface area contributed by atoms with Crippen molar-refractivity contribution in [3.63, 3.8) is 0 Å². The lowest BCUT2D eigenvalue weighted by Gasteiger charge is -2.12. The Morgan fingerprint density at radius 1 is 1.44 bits per heavy atom. The Balaban J connectivity index is 1.82. The van der Waals surface area contributed by atoms with Crippen LogP contribution in [0.25, 0.3) is 5.65 Å². The quantitative estimate of drug-likeness (QED) is 0.633. The van der Waals surface area contributed by atoms with Gasteiger partial charge in [0.1, 0.15) is 0 Å². The molecule has 0 saturated heterocycles. The summed E-state index contributed by atoms with van der Waals surface area (Å²) in [6, 6.07) is 0. The van der Waals surface area contributed by atoms with Crippen molar-refractivity contribution >= 4 is 11.5 Å². The van der Waals surface area contributed by atoms with Crippen LogP contribution in [0.2, 0.25) is 0 Å². The Hall–Kier alpha value is -1.82. The lowest BCUT2D eigenvalue weighted by Crippen LogP contribution is -2.13. The van der Waals surface area contributed by atoms with E-state index in [1.54, 1.807) is 12.4 Å². The highest BCUT2D eigenvalue weighted by atomic mass is 16.5. The molecule has 0 aliphatic heterocycles. The van der Waals surface area contributed by atoms with Gasteiger partial charge in [-0.05, 0) is 18.8 Å². The van der Waals surface area contributed by atoms with Crippen molar-refractivity contribution in [1.82, 2.24) is 14.4 Å². The maximum atomic E-state index is 5.81. The van der Waals surface area contributed by atoms with E-state index in [4.69, 9.17) is 10.6 Å². The fraction of sp³-hybridized carbons (Fsp3) is 0.500. The molecule has 1 saturated carbocycles. The van der Waals surface area contributed by atoms with Gasteiger partial charge in [-0.25, -0.2) is 10.8 Å². The summed E-state index contributed by atoms with van der Waals surface area (Å²) < 4.78 is 7.67. The number of fused-ring (bicyclic) bond motifs is 1. The van der Waals surface area contributed by atoms with Gasteiger partial charge in [-0.3, -0.25) is 4.40 Å². The molecule has 1 fully saturated rings. The molecule has 0 atom stereocenters. The molecule has 96 valence electrons. The molecule has 2 aromatic rings. The van der Waals surface area contributed by atoms with E-state index in [1.165, 1.54) is 25.7 Å². The van der Waals surface area contributed by atoms with Gasteiger partial charge in [-0.15, -0.1) is 0 Å². The fourth-order valence-corrected chi connectivity index (χ4v) is 2.44. The molecule has 2 heterocycles. The molecule has 0 radical (unpaired) electrons. The van der Waals surface area contributed by atoms with E-state index in [0.29, 0.717) is 24.2 Å². The van der Waals surface area contributed by atoms with Crippen molar-refractivity contribution < 1.29 is 4.74 Å². The summed E-state index contributed by atoms with van der Waals surface area (Å²) in [7, 11) is 0. The number of rotatable bonds is 4. The van der Waals surface area contributed by atoms with Crippen LogP contribution in [0.15, 0.2) is 18.6 Å². The minimum atomic E-state index is 0.544. The normalized spacial score (nSPS) is 16.3. The lowest BCUT2D eigenvalue weighted by molar-refractivity contribution is 0.245. The number of anilines is 1. The van der Waals surface area contributed by atoms with Gasteiger partial charge in [-0.1, -0.05) is 12.8 Å². The fourth-order valence-electron chi connectivity index (χ4n) is 2.44. The van der Waals surface area contributed by atoms with Crippen LogP contribution in [-0.2, 0) is 0 Å². The summed E-state index contributed by atoms with van der Waals surface area (Å²) >= 11 is 0. The highest BCUT2D eigenvalue weighted by Gasteiger charge is 2.17. The van der Waals surface area contributed by atoms with Crippen molar-refractivity contribution in [1.29, 1.82) is 0 Å². The van der Waals surface area contributed by atoms with Gasteiger partial charge in [0.15, 0.2) is 5.82 Å². The maximum Gasteiger partial charge on any atom is 0.260 e. The van der Waals surface area contributed by atoms with Crippen LogP contribution in [0.4, 0.5) is 5.82 Å². The largest absolute Gasteiger partial charge is 0.475 e. The summed E-state index contributed by atoms with van der Waals surface area (Å²) in [4.78, 5) is 8.56. The monoisotopic (exact) mass is 247 g/mol. The first kappa shape index (κ1) is 11.3. The molecule has 2 aromatic heterocycles. The Bertz CT molecular complexity index is 532. The van der Waals surface area contributed by atoms with E-state index in [1.807, 2.05) is 10.6 Å². The molecule has 6 nitrogen and oxygen atoms in total. The molecule has 18 heavy (non-hydrogen) atoms. The Morgan fingerprint density at radius 2 is 2.28 bits per heavy atom. The average Bonchev–Trinajstić information content (AvgIpc) is 3.06. The van der Waals surface area contributed by atoms with Crippen LogP contribution < -0.4 is 16.0 Å². The molecule has 0 bridgehead atoms. The third kappa shape index (κ3) is 2.11. The third-order valence-corrected chi connectivity index (χ3v) is 3.42. The lowest BCUT2D eigenvalue weighted by atomic mass is 10.1. The van der Waals surface area contributed by atoms with Gasteiger partial charge < -0.3 is 10.2 Å². The summed E-state index contributed by atoms with van der Waals surface area (Å²) in [5, 5.41) is 0. The highest BCUT2D eigenvalue weighted by Crippen LogP contribution is 2.26. The number of ether oxygens (including phenoxy) is 1. The molecule has 0 spiro atoms. The van der Waals surface area contributed by atoms with Crippen molar-refractivity contribution in [3.8, 4) is 5.88 Å². The number of nitrogens with two attached hydrogens (primary N) is 1. The second-order valence-corrected chi connectivity index (χ2v) is 4.70. The molecule has 1 aliphatic rings. The zero-order valence-electron chi connectivity index (χ0n) is 10.2. The van der Waals surface area contributed by atoms with Gasteiger partial charge in [0.05, 0.1) is 12.8 Å². The summed E-state index contributed by atoms with van der Waals surface area (Å²) in [6.45, 7) is 0.712. The number of nitrogens with one attached hydrogen (secondary N) is 1. The van der Waals surface area contributed by atoms with Crippen LogP contribution in [-0.4, -0.2) is 21.0 Å². The van der Waals surface area contributed by atoms with Crippen molar-refractivity contribution in [2.75, 3.05) is 12.0 Å². The number of aromatic nitrogens is 3. The summed E-state index contributed by atoms with van der Waals surface area (Å²) in [6.07, 6.45) is 10.5. The number of hydrazine groups is 1. The Labute approximate surface area is 105 Å². The Kier molecular flexibility index (Phi) is 3.02. The van der Waals surface area contributed by atoms with E-state index in [9.17, 15) is 0 Å². The van der Waals surface area contributed by atoms with E-state index in [2.05, 4.69) is 15.4 Å². The van der Waals surface area contributed by atoms with Crippen LogP contribution >= 0.6 is 0 Å². The molecular weight excluding hydrogens is 230 g/mol. The van der Waals surface area contributed by atoms with Crippen LogP contribution in [0, 0.1) is 5.92 Å². The molecule has 0 aromatic carbocycles. The van der Waals surface area contributed by atoms with E-state index in [-0.39, 0.29) is 0 Å². The first-order chi connectivity index (χ1) is 8.86. The predicted molar refractivity (Wildman–Crippen MR) is 68.3 cm³/mol. The van der Waals surface area contributed by atoms with Crippen molar-refractivity contribution in [2.24, 2.45) is 11.8 Å². The van der Waals surface area contributed by atoms with Gasteiger partial charge in [-0.2, -0.15) is 4.98 Å². The number of hydrogen-bond acceptors (Lipinski definition) is 5. The molecule has 3 rings (SSSR count). The molecular formula is C12H17N5O. The van der Waals surface area contributed by atoms with Gasteiger partial charge in [0, 0.05) is 12.4 Å². The highest BCUT2D eigenvalue weighted by molar-refractivity contribution is 5.53. The first-order valence-electron chi connectivity index (χ1n) is 6.30.